The number of benzene rings is 1. The monoisotopic (exact) mass is 353 g/mol. The van der Waals surface area contributed by atoms with Crippen molar-refractivity contribution in [3.63, 3.8) is 0 Å². The van der Waals surface area contributed by atoms with Crippen molar-refractivity contribution in [2.45, 2.75) is 17.4 Å². The van der Waals surface area contributed by atoms with Crippen LogP contribution in [-0.4, -0.2) is 36.2 Å². The minimum atomic E-state index is -4.01. The molecule has 1 saturated heterocycles. The summed E-state index contributed by atoms with van der Waals surface area (Å²) in [6.45, 7) is 0.159. The number of hydrogen-bond donors (Lipinski definition) is 1. The molecule has 1 aliphatic rings. The van der Waals surface area contributed by atoms with E-state index in [0.29, 0.717) is 5.52 Å². The summed E-state index contributed by atoms with van der Waals surface area (Å²) in [5, 5.41) is 0.0940. The fourth-order valence-corrected chi connectivity index (χ4v) is 3.84. The number of sulfonamides is 1. The summed E-state index contributed by atoms with van der Waals surface area (Å²) in [6.07, 6.45) is 0.252. The van der Waals surface area contributed by atoms with Crippen LogP contribution in [0.3, 0.4) is 0 Å². The molecule has 0 unspecified atom stereocenters. The number of hydrogen-bond acceptors (Lipinski definition) is 6. The minimum Gasteiger partial charge on any atom is -0.464 e. The van der Waals surface area contributed by atoms with Gasteiger partial charge in [0.15, 0.2) is 0 Å². The first-order chi connectivity index (χ1) is 11.2. The second-order valence-electron chi connectivity index (χ2n) is 5.51. The molecule has 0 aliphatic carbocycles. The summed E-state index contributed by atoms with van der Waals surface area (Å²) in [6, 6.07) is 2.93. The molecule has 24 heavy (non-hydrogen) atoms. The second-order valence-corrected chi connectivity index (χ2v) is 7.23. The number of aromatic nitrogens is 2. The van der Waals surface area contributed by atoms with Crippen LogP contribution >= 0.6 is 0 Å². The molecule has 1 fully saturated rings. The van der Waals surface area contributed by atoms with E-state index in [1.54, 1.807) is 0 Å². The highest BCUT2D eigenvalue weighted by molar-refractivity contribution is 7.89. The first-order valence-electron chi connectivity index (χ1n) is 7.11. The van der Waals surface area contributed by atoms with Gasteiger partial charge in [-0.15, -0.1) is 0 Å². The fraction of sp³-hybridized carbons (Fsp3) is 0.357. The van der Waals surface area contributed by atoms with Crippen molar-refractivity contribution >= 4 is 26.9 Å². The Labute approximate surface area is 136 Å². The Morgan fingerprint density at radius 1 is 1.17 bits per heavy atom. The molecule has 128 valence electrons. The molecule has 9 nitrogen and oxygen atoms in total. The zero-order valence-corrected chi connectivity index (χ0v) is 13.8. The van der Waals surface area contributed by atoms with Crippen molar-refractivity contribution in [3.8, 4) is 0 Å². The second kappa shape index (κ2) is 5.56. The maximum atomic E-state index is 12.4. The van der Waals surface area contributed by atoms with Gasteiger partial charge in [-0.3, -0.25) is 18.7 Å². The Morgan fingerprint density at radius 3 is 2.50 bits per heavy atom. The predicted octanol–water partition coefficient (Wildman–Crippen LogP) is -1.17. The third-order valence-corrected chi connectivity index (χ3v) is 5.45. The van der Waals surface area contributed by atoms with Gasteiger partial charge in [0.2, 0.25) is 10.0 Å². The number of rotatable bonds is 3. The smallest absolute Gasteiger partial charge is 0.330 e. The lowest BCUT2D eigenvalue weighted by Crippen LogP contribution is -2.38. The van der Waals surface area contributed by atoms with Crippen molar-refractivity contribution in [2.75, 3.05) is 6.61 Å². The van der Waals surface area contributed by atoms with Gasteiger partial charge in [-0.05, 0) is 18.2 Å². The Hall–Kier alpha value is -2.46. The van der Waals surface area contributed by atoms with E-state index in [0.717, 1.165) is 4.57 Å². The molecule has 0 amide bonds. The Morgan fingerprint density at radius 2 is 1.88 bits per heavy atom. The Balaban J connectivity index is 2.12. The SMILES string of the molecule is Cn1c(=O)c2cc(S(=O)(=O)N[C@@H]3CCOC3=O)ccc2n(C)c1=O. The van der Waals surface area contributed by atoms with Crippen molar-refractivity contribution in [1.29, 1.82) is 0 Å². The van der Waals surface area contributed by atoms with Gasteiger partial charge in [-0.25, -0.2) is 13.2 Å². The molecule has 0 radical (unpaired) electrons. The largest absolute Gasteiger partial charge is 0.464 e. The number of carbonyl (C=O) groups is 1. The molecule has 0 bridgehead atoms. The maximum absolute atomic E-state index is 12.4. The number of esters is 1. The molecule has 2 aromatic rings. The lowest BCUT2D eigenvalue weighted by atomic mass is 10.2. The molecule has 1 N–H and O–H groups in total. The topological polar surface area (TPSA) is 116 Å². The average molecular weight is 353 g/mol. The highest BCUT2D eigenvalue weighted by Crippen LogP contribution is 2.17. The standard InChI is InChI=1S/C14H15N3O6S/c1-16-11-4-3-8(7-9(11)12(18)17(2)14(16)20)24(21,22)15-10-5-6-23-13(10)19/h3-4,7,10,15H,5-6H2,1-2H3/t10-/m1/s1. The molecular formula is C14H15N3O6S. The first kappa shape index (κ1) is 16.4. The summed E-state index contributed by atoms with van der Waals surface area (Å²) in [4.78, 5) is 35.4. The van der Waals surface area contributed by atoms with Crippen LogP contribution < -0.4 is 16.0 Å². The van der Waals surface area contributed by atoms with E-state index in [-0.39, 0.29) is 23.3 Å². The van der Waals surface area contributed by atoms with Crippen LogP contribution in [-0.2, 0) is 33.7 Å². The van der Waals surface area contributed by atoms with E-state index in [1.165, 1.54) is 36.9 Å². The molecule has 10 heteroatoms. The quantitative estimate of drug-likeness (QED) is 0.695. The van der Waals surface area contributed by atoms with Crippen LogP contribution in [0.1, 0.15) is 6.42 Å². The van der Waals surface area contributed by atoms with Gasteiger partial charge in [0.1, 0.15) is 6.04 Å². The lowest BCUT2D eigenvalue weighted by molar-refractivity contribution is -0.139. The van der Waals surface area contributed by atoms with E-state index in [1.807, 2.05) is 0 Å². The van der Waals surface area contributed by atoms with Crippen LogP contribution in [0.25, 0.3) is 10.9 Å². The maximum Gasteiger partial charge on any atom is 0.330 e. The van der Waals surface area contributed by atoms with Crippen LogP contribution in [0.2, 0.25) is 0 Å². The molecule has 3 rings (SSSR count). The fourth-order valence-electron chi connectivity index (χ4n) is 2.60. The Kier molecular flexibility index (Phi) is 3.80. The van der Waals surface area contributed by atoms with E-state index in [9.17, 15) is 22.8 Å². The van der Waals surface area contributed by atoms with Gasteiger partial charge in [-0.1, -0.05) is 0 Å². The van der Waals surface area contributed by atoms with Crippen LogP contribution in [0.15, 0.2) is 32.7 Å². The minimum absolute atomic E-state index is 0.0940. The van der Waals surface area contributed by atoms with E-state index in [2.05, 4.69) is 4.72 Å². The molecule has 0 saturated carbocycles. The van der Waals surface area contributed by atoms with Crippen LogP contribution in [0.4, 0.5) is 0 Å². The van der Waals surface area contributed by atoms with Crippen LogP contribution in [0.5, 0.6) is 0 Å². The molecule has 0 spiro atoms. The molecule has 1 aromatic heterocycles. The average Bonchev–Trinajstić information content (AvgIpc) is 2.94. The van der Waals surface area contributed by atoms with Crippen molar-refractivity contribution in [1.82, 2.24) is 13.9 Å². The van der Waals surface area contributed by atoms with Gasteiger partial charge < -0.3 is 4.74 Å². The summed E-state index contributed by atoms with van der Waals surface area (Å²) >= 11 is 0. The van der Waals surface area contributed by atoms with Gasteiger partial charge in [0.05, 0.1) is 22.4 Å². The number of fused-ring (bicyclic) bond motifs is 1. The summed E-state index contributed by atoms with van der Waals surface area (Å²) in [7, 11) is -1.20. The van der Waals surface area contributed by atoms with E-state index < -0.39 is 33.3 Å². The third-order valence-electron chi connectivity index (χ3n) is 3.98. The summed E-state index contributed by atoms with van der Waals surface area (Å²) in [5.41, 5.74) is -0.775. The van der Waals surface area contributed by atoms with Crippen molar-refractivity contribution in [2.24, 2.45) is 14.1 Å². The number of carbonyl (C=O) groups excluding carboxylic acids is 1. The normalized spacial score (nSPS) is 18.1. The van der Waals surface area contributed by atoms with Gasteiger partial charge in [-0.2, -0.15) is 4.72 Å². The highest BCUT2D eigenvalue weighted by atomic mass is 32.2. The van der Waals surface area contributed by atoms with E-state index >= 15 is 0 Å². The third kappa shape index (κ3) is 2.53. The summed E-state index contributed by atoms with van der Waals surface area (Å²) in [5.74, 6) is -0.627. The highest BCUT2D eigenvalue weighted by Gasteiger charge is 2.31. The zero-order chi connectivity index (χ0) is 17.6. The molecule has 2 heterocycles. The number of nitrogens with one attached hydrogen (secondary N) is 1. The van der Waals surface area contributed by atoms with Crippen molar-refractivity contribution < 1.29 is 17.9 Å². The van der Waals surface area contributed by atoms with Crippen molar-refractivity contribution in [3.05, 3.63) is 39.0 Å². The number of nitrogens with zero attached hydrogens (tertiary/aromatic N) is 2. The van der Waals surface area contributed by atoms with Gasteiger partial charge in [0.25, 0.3) is 5.56 Å². The van der Waals surface area contributed by atoms with Gasteiger partial charge >= 0.3 is 11.7 Å². The van der Waals surface area contributed by atoms with Gasteiger partial charge in [0, 0.05) is 20.5 Å². The number of aryl methyl sites for hydroxylation is 1. The lowest BCUT2D eigenvalue weighted by Gasteiger charge is -2.12. The molecular weight excluding hydrogens is 338 g/mol. The van der Waals surface area contributed by atoms with Crippen LogP contribution in [0, 0.1) is 0 Å². The first-order valence-corrected chi connectivity index (χ1v) is 8.59. The molecule has 1 aliphatic heterocycles. The predicted molar refractivity (Wildman–Crippen MR) is 84.1 cm³/mol. The number of ether oxygens (including phenoxy) is 1. The Bertz CT molecular complexity index is 1070. The zero-order valence-electron chi connectivity index (χ0n) is 13.0. The van der Waals surface area contributed by atoms with E-state index in [4.69, 9.17) is 4.74 Å². The summed E-state index contributed by atoms with van der Waals surface area (Å²) < 4.78 is 34.0. The number of cyclic esters (lactones) is 1. The molecule has 1 aromatic carbocycles. The molecule has 1 atom stereocenters.